The van der Waals surface area contributed by atoms with Crippen LogP contribution in [0.5, 0.6) is 5.75 Å². The third-order valence-electron chi connectivity index (χ3n) is 3.39. The second-order valence-corrected chi connectivity index (χ2v) is 6.13. The number of nitrogens with one attached hydrogen (secondary N) is 2. The van der Waals surface area contributed by atoms with Crippen LogP contribution in [0.25, 0.3) is 0 Å². The third kappa shape index (κ3) is 3.12. The molecule has 1 unspecified atom stereocenters. The quantitative estimate of drug-likeness (QED) is 0.915. The first-order valence-corrected chi connectivity index (χ1v) is 7.85. The van der Waals surface area contributed by atoms with E-state index in [0.717, 1.165) is 17.7 Å². The fourth-order valence-electron chi connectivity index (χ4n) is 2.42. The Hall–Kier alpha value is -2.34. The molecule has 5 nitrogen and oxygen atoms in total. The van der Waals surface area contributed by atoms with Crippen LogP contribution in [-0.4, -0.2) is 18.4 Å². The molecule has 1 aromatic carbocycles. The molecule has 0 bridgehead atoms. The van der Waals surface area contributed by atoms with Crippen LogP contribution in [-0.2, 0) is 4.79 Å². The molecule has 0 spiro atoms. The van der Waals surface area contributed by atoms with E-state index in [1.165, 1.54) is 18.3 Å². The lowest BCUT2D eigenvalue weighted by Crippen LogP contribution is -2.31. The van der Waals surface area contributed by atoms with E-state index in [0.29, 0.717) is 16.5 Å². The van der Waals surface area contributed by atoms with Gasteiger partial charge in [0.05, 0.1) is 22.5 Å². The molecule has 2 amide bonds. The van der Waals surface area contributed by atoms with Gasteiger partial charge in [0.2, 0.25) is 5.91 Å². The van der Waals surface area contributed by atoms with Crippen LogP contribution >= 0.6 is 11.3 Å². The van der Waals surface area contributed by atoms with Gasteiger partial charge >= 0.3 is 0 Å². The van der Waals surface area contributed by atoms with E-state index >= 15 is 0 Å². The van der Waals surface area contributed by atoms with Crippen LogP contribution in [0.1, 0.15) is 34.6 Å². The van der Waals surface area contributed by atoms with E-state index < -0.39 is 0 Å². The second kappa shape index (κ2) is 6.19. The van der Waals surface area contributed by atoms with Crippen LogP contribution in [0.3, 0.4) is 0 Å². The molecule has 0 saturated carbocycles. The lowest BCUT2D eigenvalue weighted by atomic mass is 10.0. The maximum atomic E-state index is 12.4. The molecule has 1 aliphatic rings. The zero-order valence-corrected chi connectivity index (χ0v) is 12.9. The molecule has 2 heterocycles. The number of rotatable bonds is 3. The molecule has 0 aliphatic carbocycles. The van der Waals surface area contributed by atoms with Crippen molar-refractivity contribution in [2.75, 3.05) is 11.9 Å². The fraction of sp³-hybridized carbons (Fsp3) is 0.250. The Balaban J connectivity index is 1.72. The Morgan fingerprint density at radius 3 is 2.86 bits per heavy atom. The van der Waals surface area contributed by atoms with Crippen molar-refractivity contribution in [2.24, 2.45) is 0 Å². The van der Waals surface area contributed by atoms with Crippen molar-refractivity contribution >= 4 is 28.2 Å². The lowest BCUT2D eigenvalue weighted by molar-refractivity contribution is -0.114. The van der Waals surface area contributed by atoms with E-state index in [9.17, 15) is 9.59 Å². The number of thiophene rings is 1. The minimum Gasteiger partial charge on any atom is -0.493 e. The first-order chi connectivity index (χ1) is 10.6. The zero-order valence-electron chi connectivity index (χ0n) is 12.1. The molecule has 22 heavy (non-hydrogen) atoms. The summed E-state index contributed by atoms with van der Waals surface area (Å²) in [6, 6.07) is 11.1. The van der Waals surface area contributed by atoms with Crippen LogP contribution in [0.2, 0.25) is 0 Å². The molecule has 0 radical (unpaired) electrons. The molecule has 0 saturated heterocycles. The molecule has 2 N–H and O–H groups in total. The zero-order chi connectivity index (χ0) is 15.5. The van der Waals surface area contributed by atoms with Gasteiger partial charge < -0.3 is 15.4 Å². The molecule has 1 aromatic heterocycles. The highest BCUT2D eigenvalue weighted by atomic mass is 32.1. The second-order valence-electron chi connectivity index (χ2n) is 5.05. The number of benzene rings is 1. The number of para-hydroxylation sites is 1. The summed E-state index contributed by atoms with van der Waals surface area (Å²) in [5, 5.41) is 6.39. The Labute approximate surface area is 132 Å². The Kier molecular flexibility index (Phi) is 4.11. The van der Waals surface area contributed by atoms with Gasteiger partial charge in [-0.2, -0.15) is 0 Å². The van der Waals surface area contributed by atoms with Crippen molar-refractivity contribution < 1.29 is 14.3 Å². The van der Waals surface area contributed by atoms with Crippen LogP contribution in [0.4, 0.5) is 5.00 Å². The van der Waals surface area contributed by atoms with Crippen LogP contribution < -0.4 is 15.4 Å². The summed E-state index contributed by atoms with van der Waals surface area (Å²) in [5.41, 5.74) is 1.00. The van der Waals surface area contributed by atoms with Crippen molar-refractivity contribution in [3.05, 3.63) is 46.8 Å². The average molecular weight is 316 g/mol. The summed E-state index contributed by atoms with van der Waals surface area (Å²) >= 11 is 1.26. The SMILES string of the molecule is CC(=O)Nc1ccc(C(=O)NC2CCOc3ccccc32)s1. The first-order valence-electron chi connectivity index (χ1n) is 7.03. The molecule has 1 atom stereocenters. The highest BCUT2D eigenvalue weighted by Gasteiger charge is 2.23. The number of carbonyl (C=O) groups excluding carboxylic acids is 2. The van der Waals surface area contributed by atoms with Gasteiger partial charge in [0.25, 0.3) is 5.91 Å². The number of fused-ring (bicyclic) bond motifs is 1. The summed E-state index contributed by atoms with van der Waals surface area (Å²) in [6.07, 6.45) is 0.743. The Morgan fingerprint density at radius 1 is 1.23 bits per heavy atom. The Morgan fingerprint density at radius 2 is 2.05 bits per heavy atom. The number of hydrogen-bond donors (Lipinski definition) is 2. The first kappa shape index (κ1) is 14.6. The van der Waals surface area contributed by atoms with Crippen molar-refractivity contribution in [1.29, 1.82) is 0 Å². The highest BCUT2D eigenvalue weighted by molar-refractivity contribution is 7.18. The number of hydrogen-bond acceptors (Lipinski definition) is 4. The standard InChI is InChI=1S/C16H16N2O3S/c1-10(19)17-15-7-6-14(22-15)16(20)18-12-8-9-21-13-5-3-2-4-11(12)13/h2-7,12H,8-9H2,1H3,(H,17,19)(H,18,20). The van der Waals surface area contributed by atoms with Gasteiger partial charge in [-0.1, -0.05) is 18.2 Å². The predicted octanol–water partition coefficient (Wildman–Crippen LogP) is 2.96. The molecule has 3 rings (SSSR count). The third-order valence-corrected chi connectivity index (χ3v) is 4.39. The number of carbonyl (C=O) groups is 2. The minimum absolute atomic E-state index is 0.0521. The predicted molar refractivity (Wildman–Crippen MR) is 85.4 cm³/mol. The van der Waals surface area contributed by atoms with E-state index in [1.54, 1.807) is 12.1 Å². The molecular formula is C16H16N2O3S. The summed E-state index contributed by atoms with van der Waals surface area (Å²) < 4.78 is 5.59. The molecule has 114 valence electrons. The smallest absolute Gasteiger partial charge is 0.261 e. The van der Waals surface area contributed by atoms with Gasteiger partial charge in [-0.25, -0.2) is 0 Å². The van der Waals surface area contributed by atoms with E-state index in [-0.39, 0.29) is 17.9 Å². The van der Waals surface area contributed by atoms with Crippen LogP contribution in [0, 0.1) is 0 Å². The molecule has 1 aliphatic heterocycles. The van der Waals surface area contributed by atoms with Gasteiger partial charge in [0.1, 0.15) is 5.75 Å². The van der Waals surface area contributed by atoms with E-state index in [4.69, 9.17) is 4.74 Å². The molecule has 6 heteroatoms. The van der Waals surface area contributed by atoms with Crippen molar-refractivity contribution in [3.8, 4) is 5.75 Å². The van der Waals surface area contributed by atoms with Gasteiger partial charge in [-0.3, -0.25) is 9.59 Å². The summed E-state index contributed by atoms with van der Waals surface area (Å²) in [4.78, 5) is 24.0. The van der Waals surface area contributed by atoms with Crippen LogP contribution in [0.15, 0.2) is 36.4 Å². The largest absolute Gasteiger partial charge is 0.493 e. The summed E-state index contributed by atoms with van der Waals surface area (Å²) in [6.45, 7) is 2.03. The summed E-state index contributed by atoms with van der Waals surface area (Å²) in [5.74, 6) is 0.541. The number of anilines is 1. The Bertz CT molecular complexity index is 711. The average Bonchev–Trinajstić information content (AvgIpc) is 2.95. The van der Waals surface area contributed by atoms with Crippen molar-refractivity contribution in [1.82, 2.24) is 5.32 Å². The lowest BCUT2D eigenvalue weighted by Gasteiger charge is -2.26. The van der Waals surface area contributed by atoms with E-state index in [2.05, 4.69) is 10.6 Å². The van der Waals surface area contributed by atoms with Gasteiger partial charge in [-0.15, -0.1) is 11.3 Å². The minimum atomic E-state index is -0.146. The van der Waals surface area contributed by atoms with Crippen molar-refractivity contribution in [2.45, 2.75) is 19.4 Å². The maximum Gasteiger partial charge on any atom is 0.261 e. The topological polar surface area (TPSA) is 67.4 Å². The maximum absolute atomic E-state index is 12.4. The molecular weight excluding hydrogens is 300 g/mol. The fourth-order valence-corrected chi connectivity index (χ4v) is 3.28. The molecule has 2 aromatic rings. The van der Waals surface area contributed by atoms with Gasteiger partial charge in [0, 0.05) is 18.9 Å². The number of ether oxygens (including phenoxy) is 1. The molecule has 0 fully saturated rings. The van der Waals surface area contributed by atoms with E-state index in [1.807, 2.05) is 24.3 Å². The normalized spacial score (nSPS) is 16.3. The summed E-state index contributed by atoms with van der Waals surface area (Å²) in [7, 11) is 0. The number of amides is 2. The monoisotopic (exact) mass is 316 g/mol. The van der Waals surface area contributed by atoms with Gasteiger partial charge in [-0.05, 0) is 18.2 Å². The van der Waals surface area contributed by atoms with Gasteiger partial charge in [0.15, 0.2) is 0 Å². The highest BCUT2D eigenvalue weighted by Crippen LogP contribution is 2.32. The van der Waals surface area contributed by atoms with Crippen molar-refractivity contribution in [3.63, 3.8) is 0 Å².